The molecule has 1 atom stereocenters. The van der Waals surface area contributed by atoms with Crippen LogP contribution < -0.4 is 5.32 Å². The fraction of sp³-hybridized carbons (Fsp3) is 0.579. The number of nitrogens with zero attached hydrogens (tertiary/aromatic N) is 2. The van der Waals surface area contributed by atoms with E-state index in [0.717, 1.165) is 35.2 Å². The Morgan fingerprint density at radius 1 is 1.42 bits per heavy atom. The average Bonchev–Trinajstić information content (AvgIpc) is 2.95. The van der Waals surface area contributed by atoms with E-state index in [4.69, 9.17) is 4.52 Å². The molecule has 1 aromatic carbocycles. The van der Waals surface area contributed by atoms with Gasteiger partial charge in [-0.15, -0.1) is 0 Å². The Morgan fingerprint density at radius 3 is 2.96 bits per heavy atom. The SMILES string of the molecule is Cc1cccc2c(C(C)(C)NC(=O)CC3CCCCN3C)noc12. The van der Waals surface area contributed by atoms with E-state index in [1.807, 2.05) is 39.0 Å². The second-order valence-electron chi connectivity index (χ2n) is 7.49. The Bertz CT molecular complexity index is 735. The predicted octanol–water partition coefficient (Wildman–Crippen LogP) is 3.36. The first-order valence-corrected chi connectivity index (χ1v) is 8.75. The summed E-state index contributed by atoms with van der Waals surface area (Å²) in [4.78, 5) is 14.9. The number of carbonyl (C=O) groups is 1. The summed E-state index contributed by atoms with van der Waals surface area (Å²) in [5.74, 6) is 0.0718. The molecule has 0 spiro atoms. The molecule has 0 bridgehead atoms. The highest BCUT2D eigenvalue weighted by molar-refractivity contribution is 5.84. The Hall–Kier alpha value is -1.88. The van der Waals surface area contributed by atoms with Crippen LogP contribution in [-0.2, 0) is 10.3 Å². The molecule has 0 aliphatic carbocycles. The molecule has 1 aliphatic heterocycles. The first-order chi connectivity index (χ1) is 11.4. The van der Waals surface area contributed by atoms with Crippen molar-refractivity contribution in [1.82, 2.24) is 15.4 Å². The Kier molecular flexibility index (Phi) is 4.63. The van der Waals surface area contributed by atoms with Crippen molar-refractivity contribution in [3.63, 3.8) is 0 Å². The van der Waals surface area contributed by atoms with Crippen molar-refractivity contribution < 1.29 is 9.32 Å². The molecule has 3 rings (SSSR count). The third kappa shape index (κ3) is 3.31. The zero-order valence-corrected chi connectivity index (χ0v) is 15.1. The number of aryl methyl sites for hydroxylation is 1. The number of aromatic nitrogens is 1. The first kappa shape index (κ1) is 17.0. The van der Waals surface area contributed by atoms with Gasteiger partial charge in [0.25, 0.3) is 0 Å². The van der Waals surface area contributed by atoms with E-state index in [1.165, 1.54) is 12.8 Å². The molecule has 2 aromatic rings. The number of benzene rings is 1. The average molecular weight is 329 g/mol. The van der Waals surface area contributed by atoms with Gasteiger partial charge in [0.05, 0.1) is 5.54 Å². The lowest BCUT2D eigenvalue weighted by Crippen LogP contribution is -2.45. The second kappa shape index (κ2) is 6.55. The summed E-state index contributed by atoms with van der Waals surface area (Å²) in [5, 5.41) is 8.36. The van der Waals surface area contributed by atoms with Crippen molar-refractivity contribution in [2.45, 2.75) is 58.0 Å². The molecule has 1 N–H and O–H groups in total. The minimum absolute atomic E-state index is 0.0718. The van der Waals surface area contributed by atoms with Crippen molar-refractivity contribution in [2.75, 3.05) is 13.6 Å². The number of rotatable bonds is 4. The van der Waals surface area contributed by atoms with Gasteiger partial charge in [-0.05, 0) is 58.8 Å². The van der Waals surface area contributed by atoms with Gasteiger partial charge in [0.1, 0.15) is 5.69 Å². The summed E-state index contributed by atoms with van der Waals surface area (Å²) in [5.41, 5.74) is 2.06. The van der Waals surface area contributed by atoms with Crippen LogP contribution in [0.5, 0.6) is 0 Å². The van der Waals surface area contributed by atoms with E-state index in [9.17, 15) is 4.79 Å². The smallest absolute Gasteiger partial charge is 0.222 e. The van der Waals surface area contributed by atoms with E-state index in [2.05, 4.69) is 22.4 Å². The standard InChI is InChI=1S/C19H27N3O2/c1-13-8-7-10-15-17(13)24-21-18(15)19(2,3)20-16(23)12-14-9-5-6-11-22(14)4/h7-8,10,14H,5-6,9,11-12H2,1-4H3,(H,20,23). The van der Waals surface area contributed by atoms with Crippen molar-refractivity contribution >= 4 is 16.9 Å². The minimum Gasteiger partial charge on any atom is -0.356 e. The third-order valence-corrected chi connectivity index (χ3v) is 5.08. The summed E-state index contributed by atoms with van der Waals surface area (Å²) in [6.07, 6.45) is 4.06. The van der Waals surface area contributed by atoms with Crippen LogP contribution in [0, 0.1) is 6.92 Å². The molecule has 1 aromatic heterocycles. The van der Waals surface area contributed by atoms with Crippen LogP contribution in [0.2, 0.25) is 0 Å². The van der Waals surface area contributed by atoms with Gasteiger partial charge in [0.2, 0.25) is 5.91 Å². The molecule has 2 heterocycles. The van der Waals surface area contributed by atoms with Crippen LogP contribution in [0.4, 0.5) is 0 Å². The highest BCUT2D eigenvalue weighted by Crippen LogP contribution is 2.29. The Morgan fingerprint density at radius 2 is 2.21 bits per heavy atom. The molecule has 130 valence electrons. The summed E-state index contributed by atoms with van der Waals surface area (Å²) in [6, 6.07) is 6.33. The van der Waals surface area contributed by atoms with E-state index >= 15 is 0 Å². The number of fused-ring (bicyclic) bond motifs is 1. The van der Waals surface area contributed by atoms with Crippen LogP contribution in [0.25, 0.3) is 11.0 Å². The number of hydrogen-bond donors (Lipinski definition) is 1. The quantitative estimate of drug-likeness (QED) is 0.934. The lowest BCUT2D eigenvalue weighted by atomic mass is 9.95. The van der Waals surface area contributed by atoms with Crippen LogP contribution in [0.1, 0.15) is 50.8 Å². The maximum Gasteiger partial charge on any atom is 0.222 e. The van der Waals surface area contributed by atoms with Crippen LogP contribution in [-0.4, -0.2) is 35.6 Å². The van der Waals surface area contributed by atoms with Gasteiger partial charge in [0.15, 0.2) is 5.58 Å². The van der Waals surface area contributed by atoms with Gasteiger partial charge in [-0.2, -0.15) is 0 Å². The van der Waals surface area contributed by atoms with Gasteiger partial charge in [-0.3, -0.25) is 4.79 Å². The number of piperidine rings is 1. The molecule has 5 heteroatoms. The molecule has 1 amide bonds. The number of nitrogens with one attached hydrogen (secondary N) is 1. The molecule has 1 saturated heterocycles. The molecular formula is C19H27N3O2. The van der Waals surface area contributed by atoms with Crippen LogP contribution in [0.3, 0.4) is 0 Å². The summed E-state index contributed by atoms with van der Waals surface area (Å²) < 4.78 is 5.51. The topological polar surface area (TPSA) is 58.4 Å². The number of para-hydroxylation sites is 1. The van der Waals surface area contributed by atoms with E-state index < -0.39 is 5.54 Å². The number of carbonyl (C=O) groups excluding carboxylic acids is 1. The molecule has 1 unspecified atom stereocenters. The van der Waals surface area contributed by atoms with Gasteiger partial charge in [0, 0.05) is 17.8 Å². The number of likely N-dealkylation sites (tertiary alicyclic amines) is 1. The monoisotopic (exact) mass is 329 g/mol. The molecule has 1 aliphatic rings. The van der Waals surface area contributed by atoms with E-state index in [0.29, 0.717) is 12.5 Å². The number of amides is 1. The van der Waals surface area contributed by atoms with Crippen molar-refractivity contribution in [2.24, 2.45) is 0 Å². The molecular weight excluding hydrogens is 302 g/mol. The highest BCUT2D eigenvalue weighted by atomic mass is 16.5. The lowest BCUT2D eigenvalue weighted by molar-refractivity contribution is -0.124. The van der Waals surface area contributed by atoms with E-state index in [-0.39, 0.29) is 5.91 Å². The van der Waals surface area contributed by atoms with Crippen molar-refractivity contribution in [1.29, 1.82) is 0 Å². The maximum absolute atomic E-state index is 12.6. The molecule has 24 heavy (non-hydrogen) atoms. The third-order valence-electron chi connectivity index (χ3n) is 5.08. The van der Waals surface area contributed by atoms with Crippen LogP contribution in [0.15, 0.2) is 22.7 Å². The van der Waals surface area contributed by atoms with Gasteiger partial charge >= 0.3 is 0 Å². The highest BCUT2D eigenvalue weighted by Gasteiger charge is 2.31. The van der Waals surface area contributed by atoms with Crippen molar-refractivity contribution in [3.8, 4) is 0 Å². The largest absolute Gasteiger partial charge is 0.356 e. The van der Waals surface area contributed by atoms with Crippen molar-refractivity contribution in [3.05, 3.63) is 29.5 Å². The zero-order valence-electron chi connectivity index (χ0n) is 15.1. The summed E-state index contributed by atoms with van der Waals surface area (Å²) >= 11 is 0. The predicted molar refractivity (Wildman–Crippen MR) is 94.8 cm³/mol. The lowest BCUT2D eigenvalue weighted by Gasteiger charge is -2.33. The first-order valence-electron chi connectivity index (χ1n) is 8.75. The molecule has 1 fully saturated rings. The minimum atomic E-state index is -0.566. The van der Waals surface area contributed by atoms with Gasteiger partial charge in [-0.1, -0.05) is 23.7 Å². The van der Waals surface area contributed by atoms with Gasteiger partial charge < -0.3 is 14.7 Å². The number of hydrogen-bond acceptors (Lipinski definition) is 4. The van der Waals surface area contributed by atoms with E-state index in [1.54, 1.807) is 0 Å². The summed E-state index contributed by atoms with van der Waals surface area (Å²) in [6.45, 7) is 7.04. The Labute approximate surface area is 143 Å². The molecule has 0 radical (unpaired) electrons. The van der Waals surface area contributed by atoms with Gasteiger partial charge in [-0.25, -0.2) is 0 Å². The zero-order chi connectivity index (χ0) is 17.3. The molecule has 0 saturated carbocycles. The molecule has 5 nitrogen and oxygen atoms in total. The normalized spacial score (nSPS) is 19.6. The fourth-order valence-corrected chi connectivity index (χ4v) is 3.63. The maximum atomic E-state index is 12.6. The Balaban J connectivity index is 1.75. The fourth-order valence-electron chi connectivity index (χ4n) is 3.63. The summed E-state index contributed by atoms with van der Waals surface area (Å²) in [7, 11) is 2.11. The van der Waals surface area contributed by atoms with Crippen LogP contribution >= 0.6 is 0 Å². The second-order valence-corrected chi connectivity index (χ2v) is 7.49.